The van der Waals surface area contributed by atoms with E-state index in [0.29, 0.717) is 11.8 Å². The molecular formula is C25H26F2N6O4S. The molecule has 0 radical (unpaired) electrons. The van der Waals surface area contributed by atoms with Gasteiger partial charge in [-0.15, -0.1) is 11.3 Å². The summed E-state index contributed by atoms with van der Waals surface area (Å²) in [6.07, 6.45) is 2.06. The van der Waals surface area contributed by atoms with E-state index in [9.17, 15) is 28.0 Å². The van der Waals surface area contributed by atoms with Gasteiger partial charge in [0.2, 0.25) is 11.8 Å². The number of nitrogens with one attached hydrogen (secondary N) is 3. The Morgan fingerprint density at radius 1 is 1.16 bits per heavy atom. The molecule has 0 saturated carbocycles. The number of nitrogens with two attached hydrogens (primary N) is 1. The predicted molar refractivity (Wildman–Crippen MR) is 136 cm³/mol. The number of rotatable bonds is 8. The van der Waals surface area contributed by atoms with Crippen molar-refractivity contribution in [2.45, 2.75) is 31.0 Å². The average molecular weight is 545 g/mol. The predicted octanol–water partition coefficient (Wildman–Crippen LogP) is 1.98. The summed E-state index contributed by atoms with van der Waals surface area (Å²) in [6, 6.07) is 5.61. The normalized spacial score (nSPS) is 17.6. The zero-order valence-electron chi connectivity index (χ0n) is 20.3. The van der Waals surface area contributed by atoms with Gasteiger partial charge in [0.1, 0.15) is 29.4 Å². The number of carbonyl (C=O) groups excluding carboxylic acids is 4. The largest absolute Gasteiger partial charge is 0.368 e. The molecule has 0 bridgehead atoms. The molecular weight excluding hydrogens is 518 g/mol. The van der Waals surface area contributed by atoms with Gasteiger partial charge < -0.3 is 31.2 Å². The van der Waals surface area contributed by atoms with E-state index in [2.05, 4.69) is 16.0 Å². The fourth-order valence-electron chi connectivity index (χ4n) is 4.35. The molecule has 1 aliphatic heterocycles. The van der Waals surface area contributed by atoms with Gasteiger partial charge in [0.05, 0.1) is 11.7 Å². The molecule has 1 fully saturated rings. The average Bonchev–Trinajstić information content (AvgIpc) is 3.61. The first kappa shape index (κ1) is 26.8. The van der Waals surface area contributed by atoms with E-state index in [4.69, 9.17) is 5.73 Å². The zero-order chi connectivity index (χ0) is 27.4. The van der Waals surface area contributed by atoms with E-state index in [1.165, 1.54) is 16.2 Å². The van der Waals surface area contributed by atoms with Crippen LogP contribution in [0.2, 0.25) is 0 Å². The van der Waals surface area contributed by atoms with Gasteiger partial charge in [0.25, 0.3) is 5.91 Å². The minimum Gasteiger partial charge on any atom is -0.368 e. The number of likely N-dealkylation sites (tertiary alicyclic amines) is 1. The number of benzene rings is 1. The lowest BCUT2D eigenvalue weighted by atomic mass is 10.1. The van der Waals surface area contributed by atoms with Crippen molar-refractivity contribution in [3.8, 4) is 0 Å². The molecule has 10 nitrogen and oxygen atoms in total. The maximum absolute atomic E-state index is 14.0. The zero-order valence-corrected chi connectivity index (χ0v) is 21.1. The Bertz CT molecular complexity index is 1350. The van der Waals surface area contributed by atoms with Crippen LogP contribution < -0.4 is 21.7 Å². The molecule has 4 rings (SSSR count). The van der Waals surface area contributed by atoms with E-state index in [1.54, 1.807) is 42.1 Å². The van der Waals surface area contributed by atoms with Crippen molar-refractivity contribution in [3.05, 3.63) is 76.2 Å². The minimum absolute atomic E-state index is 0.129. The van der Waals surface area contributed by atoms with Crippen molar-refractivity contribution in [2.24, 2.45) is 12.8 Å². The molecule has 3 atom stereocenters. The van der Waals surface area contributed by atoms with E-state index >= 15 is 0 Å². The van der Waals surface area contributed by atoms with Crippen molar-refractivity contribution in [1.82, 2.24) is 20.1 Å². The number of amides is 5. The number of urea groups is 1. The summed E-state index contributed by atoms with van der Waals surface area (Å²) in [7, 11) is 1.68. The summed E-state index contributed by atoms with van der Waals surface area (Å²) >= 11 is 1.40. The van der Waals surface area contributed by atoms with Crippen molar-refractivity contribution in [2.75, 3.05) is 11.9 Å². The maximum Gasteiger partial charge on any atom is 0.319 e. The highest BCUT2D eigenvalue weighted by Gasteiger charge is 2.44. The maximum atomic E-state index is 14.0. The highest BCUT2D eigenvalue weighted by atomic mass is 32.1. The van der Waals surface area contributed by atoms with Crippen LogP contribution in [0.1, 0.15) is 21.8 Å². The number of thiophene rings is 1. The summed E-state index contributed by atoms with van der Waals surface area (Å²) < 4.78 is 28.8. The van der Waals surface area contributed by atoms with Gasteiger partial charge in [-0.05, 0) is 42.1 Å². The lowest BCUT2D eigenvalue weighted by molar-refractivity contribution is -0.130. The SMILES string of the molecule is Cn1cccc1C(=O)N1CCC(NC(=O)Nc2ccc(F)cc2F)C1C(=O)NC(Cc1cccs1)C(N)=O. The second-order valence-electron chi connectivity index (χ2n) is 8.81. The summed E-state index contributed by atoms with van der Waals surface area (Å²) in [4.78, 5) is 53.8. The molecule has 3 aromatic rings. The molecule has 3 unspecified atom stereocenters. The fraction of sp³-hybridized carbons (Fsp3) is 0.280. The van der Waals surface area contributed by atoms with Crippen molar-refractivity contribution in [1.29, 1.82) is 0 Å². The highest BCUT2D eigenvalue weighted by molar-refractivity contribution is 7.09. The fourth-order valence-corrected chi connectivity index (χ4v) is 5.11. The van der Waals surface area contributed by atoms with Crippen LogP contribution in [0, 0.1) is 11.6 Å². The summed E-state index contributed by atoms with van der Waals surface area (Å²) in [5.41, 5.74) is 5.61. The number of primary amides is 1. The van der Waals surface area contributed by atoms with Crippen molar-refractivity contribution >= 4 is 40.8 Å². The first-order valence-corrected chi connectivity index (χ1v) is 12.6. The number of hydrogen-bond acceptors (Lipinski definition) is 5. The van der Waals surface area contributed by atoms with Crippen LogP contribution in [0.15, 0.2) is 54.0 Å². The van der Waals surface area contributed by atoms with Crippen LogP contribution in [0.5, 0.6) is 0 Å². The third-order valence-electron chi connectivity index (χ3n) is 6.23. The summed E-state index contributed by atoms with van der Waals surface area (Å²) in [6.45, 7) is 0.129. The first-order valence-electron chi connectivity index (χ1n) is 11.7. The molecule has 1 aromatic carbocycles. The second-order valence-corrected chi connectivity index (χ2v) is 9.84. The minimum atomic E-state index is -1.19. The number of aryl methyl sites for hydroxylation is 1. The van der Waals surface area contributed by atoms with Crippen molar-refractivity contribution in [3.63, 3.8) is 0 Å². The molecule has 3 heterocycles. The molecule has 1 saturated heterocycles. The standard InChI is InChI=1S/C25H26F2N6O4S/c1-32-9-2-5-20(32)24(36)33-10-8-18(31-25(37)30-17-7-6-14(26)12-16(17)27)21(33)23(35)29-19(22(28)34)13-15-4-3-11-38-15/h2-7,9,11-12,18-19,21H,8,10,13H2,1H3,(H2,28,34)(H,29,35)(H2,30,31,37). The van der Waals surface area contributed by atoms with E-state index in [1.807, 2.05) is 5.38 Å². The van der Waals surface area contributed by atoms with E-state index in [-0.39, 0.29) is 25.1 Å². The van der Waals surface area contributed by atoms with Gasteiger partial charge >= 0.3 is 6.03 Å². The van der Waals surface area contributed by atoms with Crippen LogP contribution in [0.3, 0.4) is 0 Å². The highest BCUT2D eigenvalue weighted by Crippen LogP contribution is 2.23. The van der Waals surface area contributed by atoms with Gasteiger partial charge in [-0.3, -0.25) is 14.4 Å². The Morgan fingerprint density at radius 2 is 1.95 bits per heavy atom. The van der Waals surface area contributed by atoms with Crippen LogP contribution in [0.4, 0.5) is 19.3 Å². The quantitative estimate of drug-likeness (QED) is 0.345. The Labute approximate surface area is 220 Å². The summed E-state index contributed by atoms with van der Waals surface area (Å²) in [5.74, 6) is -3.65. The second kappa shape index (κ2) is 11.4. The lowest BCUT2D eigenvalue weighted by Crippen LogP contribution is -2.58. The topological polar surface area (TPSA) is 139 Å². The lowest BCUT2D eigenvalue weighted by Gasteiger charge is -2.29. The van der Waals surface area contributed by atoms with Crippen LogP contribution in [-0.4, -0.2) is 57.9 Å². The molecule has 5 N–H and O–H groups in total. The van der Waals surface area contributed by atoms with Gasteiger partial charge in [0, 0.05) is 37.2 Å². The molecule has 1 aliphatic rings. The molecule has 2 aromatic heterocycles. The third kappa shape index (κ3) is 5.99. The van der Waals surface area contributed by atoms with Crippen LogP contribution >= 0.6 is 11.3 Å². The number of halogens is 2. The van der Waals surface area contributed by atoms with Gasteiger partial charge in [-0.25, -0.2) is 13.6 Å². The van der Waals surface area contributed by atoms with Crippen LogP contribution in [0.25, 0.3) is 0 Å². The molecule has 5 amide bonds. The molecule has 200 valence electrons. The Balaban J connectivity index is 1.55. The monoisotopic (exact) mass is 544 g/mol. The number of carbonyl (C=O) groups is 4. The molecule has 0 spiro atoms. The molecule has 0 aliphatic carbocycles. The van der Waals surface area contributed by atoms with Gasteiger partial charge in [0.15, 0.2) is 0 Å². The summed E-state index contributed by atoms with van der Waals surface area (Å²) in [5, 5.41) is 9.35. The number of aromatic nitrogens is 1. The Kier molecular flexibility index (Phi) is 8.05. The molecule has 13 heteroatoms. The van der Waals surface area contributed by atoms with E-state index < -0.39 is 53.5 Å². The molecule has 38 heavy (non-hydrogen) atoms. The Morgan fingerprint density at radius 3 is 2.58 bits per heavy atom. The number of hydrogen-bond donors (Lipinski definition) is 4. The van der Waals surface area contributed by atoms with Crippen molar-refractivity contribution < 1.29 is 28.0 Å². The van der Waals surface area contributed by atoms with Gasteiger partial charge in [-0.2, -0.15) is 0 Å². The third-order valence-corrected chi connectivity index (χ3v) is 7.13. The number of nitrogens with zero attached hydrogens (tertiary/aromatic N) is 2. The Hall–Kier alpha value is -4.26. The first-order chi connectivity index (χ1) is 18.1. The smallest absolute Gasteiger partial charge is 0.319 e. The van der Waals surface area contributed by atoms with Crippen LogP contribution in [-0.2, 0) is 23.1 Å². The van der Waals surface area contributed by atoms with E-state index in [0.717, 1.165) is 17.0 Å². The van der Waals surface area contributed by atoms with Gasteiger partial charge in [-0.1, -0.05) is 6.07 Å². The number of anilines is 1.